The van der Waals surface area contributed by atoms with E-state index in [1.807, 2.05) is 13.8 Å². The van der Waals surface area contributed by atoms with Crippen molar-refractivity contribution in [1.29, 1.82) is 0 Å². The lowest BCUT2D eigenvalue weighted by molar-refractivity contribution is -0.122. The zero-order chi connectivity index (χ0) is 23.9. The predicted molar refractivity (Wildman–Crippen MR) is 120 cm³/mol. The zero-order valence-electron chi connectivity index (χ0n) is 19.7. The molecular weight excluding hydrogens is 439 g/mol. The molecule has 34 heavy (non-hydrogen) atoms. The average molecular weight is 471 g/mol. The van der Waals surface area contributed by atoms with E-state index in [1.165, 1.54) is 12.3 Å². The van der Waals surface area contributed by atoms with Crippen molar-refractivity contribution in [3.63, 3.8) is 0 Å². The fraction of sp³-hybridized carbons (Fsp3) is 0.625. The second-order valence-electron chi connectivity index (χ2n) is 10.2. The molecule has 3 aliphatic rings. The molecule has 2 saturated heterocycles. The SMILES string of the molecule is CC(C)c1nnc(C2CC3(CCN(C(=O)c4ccncc4F)CC3)CN2CC(=O)NC2CC2)o1. The molecule has 2 amide bonds. The van der Waals surface area contributed by atoms with Crippen LogP contribution in [0.4, 0.5) is 4.39 Å². The summed E-state index contributed by atoms with van der Waals surface area (Å²) < 4.78 is 20.1. The van der Waals surface area contributed by atoms with Gasteiger partial charge in [-0.3, -0.25) is 19.5 Å². The van der Waals surface area contributed by atoms with Crippen LogP contribution in [-0.2, 0) is 4.79 Å². The minimum atomic E-state index is -0.598. The highest BCUT2D eigenvalue weighted by atomic mass is 19.1. The Morgan fingerprint density at radius 3 is 2.68 bits per heavy atom. The number of hydrogen-bond acceptors (Lipinski definition) is 7. The summed E-state index contributed by atoms with van der Waals surface area (Å²) >= 11 is 0. The molecule has 1 spiro atoms. The van der Waals surface area contributed by atoms with E-state index in [4.69, 9.17) is 4.42 Å². The second-order valence-corrected chi connectivity index (χ2v) is 10.2. The van der Waals surface area contributed by atoms with Crippen LogP contribution in [-0.4, -0.2) is 69.0 Å². The maximum Gasteiger partial charge on any atom is 0.256 e. The lowest BCUT2D eigenvalue weighted by Gasteiger charge is -2.39. The van der Waals surface area contributed by atoms with Gasteiger partial charge in [0, 0.05) is 37.8 Å². The summed E-state index contributed by atoms with van der Waals surface area (Å²) in [7, 11) is 0. The molecule has 0 aromatic carbocycles. The normalized spacial score (nSPS) is 22.5. The predicted octanol–water partition coefficient (Wildman–Crippen LogP) is 2.68. The molecule has 1 saturated carbocycles. The third kappa shape index (κ3) is 4.68. The molecule has 1 N–H and O–H groups in total. The van der Waals surface area contributed by atoms with Crippen LogP contribution in [0.1, 0.15) is 80.1 Å². The minimum Gasteiger partial charge on any atom is -0.423 e. The van der Waals surface area contributed by atoms with Crippen molar-refractivity contribution in [2.24, 2.45) is 5.41 Å². The Labute approximate surface area is 198 Å². The fourth-order valence-electron chi connectivity index (χ4n) is 5.12. The van der Waals surface area contributed by atoms with E-state index in [0.29, 0.717) is 30.9 Å². The first-order chi connectivity index (χ1) is 16.3. The van der Waals surface area contributed by atoms with E-state index in [-0.39, 0.29) is 41.3 Å². The van der Waals surface area contributed by atoms with Crippen LogP contribution in [0, 0.1) is 11.2 Å². The lowest BCUT2D eigenvalue weighted by Crippen LogP contribution is -2.45. The third-order valence-electron chi connectivity index (χ3n) is 7.24. The molecule has 5 rings (SSSR count). The number of hydrogen-bond donors (Lipinski definition) is 1. The molecular formula is C24H31FN6O3. The topological polar surface area (TPSA) is 104 Å². The van der Waals surface area contributed by atoms with Crippen molar-refractivity contribution < 1.29 is 18.4 Å². The zero-order valence-corrected chi connectivity index (χ0v) is 19.7. The van der Waals surface area contributed by atoms with Crippen LogP contribution in [0.3, 0.4) is 0 Å². The van der Waals surface area contributed by atoms with Crippen molar-refractivity contribution in [2.75, 3.05) is 26.2 Å². The first-order valence-corrected chi connectivity index (χ1v) is 12.1. The fourth-order valence-corrected chi connectivity index (χ4v) is 5.12. The number of amides is 2. The standard InChI is InChI=1S/C24H31FN6O3/c1-15(2)21-28-29-22(34-21)19-11-24(14-31(19)13-20(32)27-16-3-4-16)6-9-30(10-7-24)23(33)17-5-8-26-12-18(17)25/h5,8,12,15-16,19H,3-4,6-7,9-11,13-14H2,1-2H3,(H,27,32). The third-order valence-corrected chi connectivity index (χ3v) is 7.24. The van der Waals surface area contributed by atoms with Gasteiger partial charge in [0.25, 0.3) is 5.91 Å². The summed E-state index contributed by atoms with van der Waals surface area (Å²) in [6.07, 6.45) is 6.92. The first kappa shape index (κ1) is 22.9. The molecule has 2 aliphatic heterocycles. The molecule has 2 aromatic heterocycles. The minimum absolute atomic E-state index is 0.0222. The molecule has 0 radical (unpaired) electrons. The molecule has 2 aromatic rings. The number of nitrogens with one attached hydrogen (secondary N) is 1. The number of likely N-dealkylation sites (tertiary alicyclic amines) is 2. The molecule has 0 bridgehead atoms. The lowest BCUT2D eigenvalue weighted by atomic mass is 9.76. The number of piperidine rings is 1. The Bertz CT molecular complexity index is 1060. The van der Waals surface area contributed by atoms with Crippen LogP contribution >= 0.6 is 0 Å². The van der Waals surface area contributed by atoms with Crippen molar-refractivity contribution >= 4 is 11.8 Å². The highest BCUT2D eigenvalue weighted by Crippen LogP contribution is 2.49. The number of aromatic nitrogens is 3. The number of pyridine rings is 1. The van der Waals surface area contributed by atoms with Crippen LogP contribution in [0.5, 0.6) is 0 Å². The molecule has 1 atom stereocenters. The van der Waals surface area contributed by atoms with Gasteiger partial charge >= 0.3 is 0 Å². The van der Waals surface area contributed by atoms with Gasteiger partial charge in [-0.2, -0.15) is 0 Å². The molecule has 4 heterocycles. The Kier molecular flexibility index (Phi) is 6.09. The van der Waals surface area contributed by atoms with Crippen molar-refractivity contribution in [1.82, 2.24) is 30.3 Å². The van der Waals surface area contributed by atoms with E-state index in [9.17, 15) is 14.0 Å². The second kappa shape index (κ2) is 9.05. The Morgan fingerprint density at radius 1 is 1.26 bits per heavy atom. The van der Waals surface area contributed by atoms with Crippen LogP contribution < -0.4 is 5.32 Å². The van der Waals surface area contributed by atoms with Crippen molar-refractivity contribution in [2.45, 2.75) is 64.0 Å². The van der Waals surface area contributed by atoms with Crippen LogP contribution in [0.2, 0.25) is 0 Å². The maximum atomic E-state index is 14.1. The van der Waals surface area contributed by atoms with Crippen LogP contribution in [0.15, 0.2) is 22.9 Å². The number of halogens is 1. The van der Waals surface area contributed by atoms with Crippen molar-refractivity contribution in [3.8, 4) is 0 Å². The summed E-state index contributed by atoms with van der Waals surface area (Å²) in [4.78, 5) is 33.1. The molecule has 1 unspecified atom stereocenters. The van der Waals surface area contributed by atoms with E-state index in [0.717, 1.165) is 44.8 Å². The Balaban J connectivity index is 1.30. The van der Waals surface area contributed by atoms with E-state index in [2.05, 4.69) is 25.4 Å². The largest absolute Gasteiger partial charge is 0.423 e. The van der Waals surface area contributed by atoms with Gasteiger partial charge in [-0.1, -0.05) is 13.8 Å². The quantitative estimate of drug-likeness (QED) is 0.692. The van der Waals surface area contributed by atoms with Crippen LogP contribution in [0.25, 0.3) is 0 Å². The van der Waals surface area contributed by atoms with Gasteiger partial charge in [-0.15, -0.1) is 10.2 Å². The number of rotatable bonds is 6. The van der Waals surface area contributed by atoms with Gasteiger partial charge in [0.05, 0.1) is 24.3 Å². The molecule has 3 fully saturated rings. The van der Waals surface area contributed by atoms with Gasteiger partial charge in [-0.25, -0.2) is 4.39 Å². The smallest absolute Gasteiger partial charge is 0.256 e. The van der Waals surface area contributed by atoms with Gasteiger partial charge in [0.15, 0.2) is 5.82 Å². The van der Waals surface area contributed by atoms with E-state index < -0.39 is 5.82 Å². The Morgan fingerprint density at radius 2 is 2.03 bits per heavy atom. The van der Waals surface area contributed by atoms with Gasteiger partial charge < -0.3 is 14.6 Å². The maximum absolute atomic E-state index is 14.1. The highest BCUT2D eigenvalue weighted by Gasteiger charge is 2.49. The van der Waals surface area contributed by atoms with E-state index >= 15 is 0 Å². The van der Waals surface area contributed by atoms with E-state index in [1.54, 1.807) is 4.90 Å². The summed E-state index contributed by atoms with van der Waals surface area (Å²) in [5, 5.41) is 11.6. The Hall–Kier alpha value is -2.88. The first-order valence-electron chi connectivity index (χ1n) is 12.1. The summed E-state index contributed by atoms with van der Waals surface area (Å²) in [5.74, 6) is 0.401. The van der Waals surface area contributed by atoms with Gasteiger partial charge in [-0.05, 0) is 43.6 Å². The van der Waals surface area contributed by atoms with Crippen molar-refractivity contribution in [3.05, 3.63) is 41.6 Å². The van der Waals surface area contributed by atoms with Gasteiger partial charge in [0.2, 0.25) is 17.7 Å². The number of carbonyl (C=O) groups excluding carboxylic acids is 2. The molecule has 1 aliphatic carbocycles. The summed E-state index contributed by atoms with van der Waals surface area (Å²) in [5.41, 5.74) is -0.00872. The van der Waals surface area contributed by atoms with Gasteiger partial charge in [0.1, 0.15) is 0 Å². The molecule has 9 nitrogen and oxygen atoms in total. The highest BCUT2D eigenvalue weighted by molar-refractivity contribution is 5.94. The molecule has 10 heteroatoms. The summed E-state index contributed by atoms with van der Waals surface area (Å²) in [6, 6.07) is 1.60. The number of nitrogens with zero attached hydrogens (tertiary/aromatic N) is 5. The molecule has 182 valence electrons. The average Bonchev–Trinajstić information content (AvgIpc) is 3.36. The number of carbonyl (C=O) groups is 2. The summed E-state index contributed by atoms with van der Waals surface area (Å²) in [6.45, 7) is 6.10. The monoisotopic (exact) mass is 470 g/mol.